The number of para-hydroxylation sites is 1. The van der Waals surface area contributed by atoms with E-state index in [1.165, 1.54) is 12.4 Å². The van der Waals surface area contributed by atoms with Crippen molar-refractivity contribution >= 4 is 17.6 Å². The van der Waals surface area contributed by atoms with Gasteiger partial charge in [0.2, 0.25) is 0 Å². The first-order chi connectivity index (χ1) is 10.2. The van der Waals surface area contributed by atoms with Crippen molar-refractivity contribution in [2.24, 2.45) is 0 Å². The number of halogens is 1. The molecule has 0 N–H and O–H groups in total. The van der Waals surface area contributed by atoms with E-state index in [2.05, 4.69) is 11.9 Å². The van der Waals surface area contributed by atoms with Gasteiger partial charge in [-0.25, -0.2) is 4.79 Å². The number of esters is 1. The van der Waals surface area contributed by atoms with Gasteiger partial charge < -0.3 is 9.47 Å². The van der Waals surface area contributed by atoms with Gasteiger partial charge in [-0.3, -0.25) is 4.98 Å². The van der Waals surface area contributed by atoms with E-state index in [-0.39, 0.29) is 10.6 Å². The van der Waals surface area contributed by atoms with Crippen molar-refractivity contribution in [3.8, 4) is 11.5 Å². The van der Waals surface area contributed by atoms with Crippen LogP contribution in [-0.4, -0.2) is 17.6 Å². The number of ether oxygens (including phenoxy) is 2. The number of carbonyl (C=O) groups is 1. The second-order valence-electron chi connectivity index (χ2n) is 4.40. The zero-order chi connectivity index (χ0) is 15.1. The van der Waals surface area contributed by atoms with E-state index >= 15 is 0 Å². The summed E-state index contributed by atoms with van der Waals surface area (Å²) < 4.78 is 10.9. The van der Waals surface area contributed by atoms with Crippen LogP contribution in [-0.2, 0) is 0 Å². The number of carbonyl (C=O) groups excluding carboxylic acids is 1. The van der Waals surface area contributed by atoms with Gasteiger partial charge in [0, 0.05) is 6.20 Å². The molecule has 0 bridgehead atoms. The Morgan fingerprint density at radius 1 is 1.24 bits per heavy atom. The maximum Gasteiger partial charge on any atom is 0.348 e. The van der Waals surface area contributed by atoms with Gasteiger partial charge in [-0.1, -0.05) is 43.1 Å². The third-order valence-electron chi connectivity index (χ3n) is 2.78. The molecule has 1 aromatic carbocycles. The zero-order valence-electron chi connectivity index (χ0n) is 11.7. The minimum Gasteiger partial charge on any atom is -0.491 e. The number of pyridine rings is 1. The molecule has 0 amide bonds. The Kier molecular flexibility index (Phi) is 5.58. The quantitative estimate of drug-likeness (QED) is 0.457. The van der Waals surface area contributed by atoms with Gasteiger partial charge in [0.05, 0.1) is 17.8 Å². The highest BCUT2D eigenvalue weighted by Gasteiger charge is 2.19. The normalized spacial score (nSPS) is 10.2. The highest BCUT2D eigenvalue weighted by atomic mass is 35.5. The van der Waals surface area contributed by atoms with Crippen LogP contribution in [0.1, 0.15) is 30.1 Å². The van der Waals surface area contributed by atoms with Crippen molar-refractivity contribution in [2.75, 3.05) is 6.61 Å². The van der Waals surface area contributed by atoms with Crippen LogP contribution in [0.5, 0.6) is 11.5 Å². The maximum absolute atomic E-state index is 12.3. The molecule has 1 heterocycles. The highest BCUT2D eigenvalue weighted by molar-refractivity contribution is 6.33. The Balaban J connectivity index is 2.19. The fourth-order valence-electron chi connectivity index (χ4n) is 1.70. The van der Waals surface area contributed by atoms with Crippen molar-refractivity contribution in [3.63, 3.8) is 0 Å². The minimum absolute atomic E-state index is 0.201. The third kappa shape index (κ3) is 4.20. The molecule has 0 aliphatic carbocycles. The van der Waals surface area contributed by atoms with E-state index < -0.39 is 5.97 Å². The summed E-state index contributed by atoms with van der Waals surface area (Å²) >= 11 is 6.06. The van der Waals surface area contributed by atoms with Crippen molar-refractivity contribution in [3.05, 3.63) is 53.3 Å². The Labute approximate surface area is 128 Å². The van der Waals surface area contributed by atoms with Gasteiger partial charge in [0.25, 0.3) is 0 Å². The zero-order valence-corrected chi connectivity index (χ0v) is 12.5. The second-order valence-corrected chi connectivity index (χ2v) is 4.81. The summed E-state index contributed by atoms with van der Waals surface area (Å²) in [6.45, 7) is 2.56. The number of unbranched alkanes of at least 4 members (excludes halogenated alkanes) is 1. The summed E-state index contributed by atoms with van der Waals surface area (Å²) in [6, 6.07) is 8.82. The predicted octanol–water partition coefficient (Wildman–Crippen LogP) is 4.13. The summed E-state index contributed by atoms with van der Waals surface area (Å²) in [4.78, 5) is 16.2. The number of rotatable bonds is 6. The molecule has 0 atom stereocenters. The van der Waals surface area contributed by atoms with Crippen LogP contribution in [0.25, 0.3) is 0 Å². The molecule has 0 spiro atoms. The lowest BCUT2D eigenvalue weighted by Gasteiger charge is -2.11. The smallest absolute Gasteiger partial charge is 0.348 e. The summed E-state index contributed by atoms with van der Waals surface area (Å²) in [6.07, 6.45) is 4.76. The van der Waals surface area contributed by atoms with Crippen LogP contribution in [0, 0.1) is 0 Å². The van der Waals surface area contributed by atoms with Crippen LogP contribution in [0.2, 0.25) is 5.02 Å². The summed E-state index contributed by atoms with van der Waals surface area (Å²) in [5.74, 6) is 0.242. The van der Waals surface area contributed by atoms with E-state index in [0.29, 0.717) is 18.1 Å². The molecule has 2 rings (SSSR count). The van der Waals surface area contributed by atoms with Gasteiger partial charge in [0.1, 0.15) is 11.3 Å². The van der Waals surface area contributed by atoms with Gasteiger partial charge in [0.15, 0.2) is 5.75 Å². The average molecular weight is 306 g/mol. The van der Waals surface area contributed by atoms with Crippen LogP contribution < -0.4 is 9.47 Å². The van der Waals surface area contributed by atoms with E-state index in [9.17, 15) is 4.79 Å². The first-order valence-electron chi connectivity index (χ1n) is 6.76. The summed E-state index contributed by atoms with van der Waals surface area (Å²) in [5, 5.41) is 0.213. The molecule has 0 saturated heterocycles. The van der Waals surface area contributed by atoms with E-state index in [0.717, 1.165) is 12.8 Å². The van der Waals surface area contributed by atoms with Gasteiger partial charge >= 0.3 is 5.97 Å². The molecule has 0 aliphatic heterocycles. The minimum atomic E-state index is -0.555. The van der Waals surface area contributed by atoms with E-state index in [1.807, 2.05) is 6.07 Å². The number of hydrogen-bond acceptors (Lipinski definition) is 4. The molecule has 110 valence electrons. The monoisotopic (exact) mass is 305 g/mol. The number of hydrogen-bond donors (Lipinski definition) is 0. The average Bonchev–Trinajstić information content (AvgIpc) is 2.48. The van der Waals surface area contributed by atoms with Crippen LogP contribution in [0.3, 0.4) is 0 Å². The molecule has 1 aromatic heterocycles. The molecule has 0 fully saturated rings. The van der Waals surface area contributed by atoms with Crippen molar-refractivity contribution in [1.29, 1.82) is 0 Å². The lowest BCUT2D eigenvalue weighted by Crippen LogP contribution is -2.12. The van der Waals surface area contributed by atoms with Crippen LogP contribution in [0.4, 0.5) is 0 Å². The standard InChI is InChI=1S/C16H16ClNO3/c1-2-3-9-20-14-11-18-10-13(17)15(14)16(19)21-12-7-5-4-6-8-12/h4-8,10-11H,2-3,9H2,1H3. The van der Waals surface area contributed by atoms with E-state index in [4.69, 9.17) is 21.1 Å². The molecule has 2 aromatic rings. The first-order valence-corrected chi connectivity index (χ1v) is 7.13. The second kappa shape index (κ2) is 7.64. The summed E-state index contributed by atoms with van der Waals surface area (Å²) in [7, 11) is 0. The molecule has 0 radical (unpaired) electrons. The molecule has 0 unspecified atom stereocenters. The van der Waals surface area contributed by atoms with Crippen LogP contribution >= 0.6 is 11.6 Å². The Hall–Kier alpha value is -2.07. The van der Waals surface area contributed by atoms with Crippen LogP contribution in [0.15, 0.2) is 42.7 Å². The largest absolute Gasteiger partial charge is 0.491 e. The fraction of sp³-hybridized carbons (Fsp3) is 0.250. The Morgan fingerprint density at radius 2 is 2.00 bits per heavy atom. The predicted molar refractivity (Wildman–Crippen MR) is 81.1 cm³/mol. The third-order valence-corrected chi connectivity index (χ3v) is 3.06. The molecular weight excluding hydrogens is 290 g/mol. The van der Waals surface area contributed by atoms with Gasteiger partial charge in [-0.05, 0) is 18.6 Å². The van der Waals surface area contributed by atoms with Gasteiger partial charge in [-0.2, -0.15) is 0 Å². The fourth-order valence-corrected chi connectivity index (χ4v) is 1.92. The molecule has 0 aliphatic rings. The molecular formula is C16H16ClNO3. The molecule has 4 nitrogen and oxygen atoms in total. The molecule has 0 saturated carbocycles. The summed E-state index contributed by atoms with van der Waals surface area (Å²) in [5.41, 5.74) is 0.201. The van der Waals surface area contributed by atoms with Gasteiger partial charge in [-0.15, -0.1) is 0 Å². The Morgan fingerprint density at radius 3 is 2.71 bits per heavy atom. The van der Waals surface area contributed by atoms with Crippen molar-refractivity contribution < 1.29 is 14.3 Å². The maximum atomic E-state index is 12.3. The number of aromatic nitrogens is 1. The Bertz CT molecular complexity index is 602. The lowest BCUT2D eigenvalue weighted by molar-refractivity contribution is 0.0730. The SMILES string of the molecule is CCCCOc1cncc(Cl)c1C(=O)Oc1ccccc1. The highest BCUT2D eigenvalue weighted by Crippen LogP contribution is 2.27. The van der Waals surface area contributed by atoms with Crippen molar-refractivity contribution in [2.45, 2.75) is 19.8 Å². The topological polar surface area (TPSA) is 48.4 Å². The lowest BCUT2D eigenvalue weighted by atomic mass is 10.2. The van der Waals surface area contributed by atoms with E-state index in [1.54, 1.807) is 24.3 Å². The number of benzene rings is 1. The molecule has 21 heavy (non-hydrogen) atoms. The first kappa shape index (κ1) is 15.3. The van der Waals surface area contributed by atoms with Crippen molar-refractivity contribution in [1.82, 2.24) is 4.98 Å². The number of nitrogens with zero attached hydrogens (tertiary/aromatic N) is 1. The molecule has 5 heteroatoms.